The lowest BCUT2D eigenvalue weighted by Gasteiger charge is -2.06. The van der Waals surface area contributed by atoms with Gasteiger partial charge >= 0.3 is 12.1 Å². The van der Waals surface area contributed by atoms with Gasteiger partial charge in [-0.3, -0.25) is 4.79 Å². The summed E-state index contributed by atoms with van der Waals surface area (Å²) >= 11 is 0. The molecule has 0 spiro atoms. The molecule has 1 rings (SSSR count). The Morgan fingerprint density at radius 3 is 2.45 bits per heavy atom. The molecule has 20 heavy (non-hydrogen) atoms. The van der Waals surface area contributed by atoms with Crippen LogP contribution in [0.25, 0.3) is 0 Å². The molecule has 0 aromatic heterocycles. The van der Waals surface area contributed by atoms with E-state index in [1.54, 1.807) is 25.1 Å². The summed E-state index contributed by atoms with van der Waals surface area (Å²) in [5, 5.41) is 11.0. The summed E-state index contributed by atoms with van der Waals surface area (Å²) in [6, 6.07) is 8.01. The first kappa shape index (κ1) is 15.2. The molecule has 0 aliphatic carbocycles. The summed E-state index contributed by atoms with van der Waals surface area (Å²) in [7, 11) is 0. The molecule has 7 heteroatoms. The molecule has 0 fully saturated rings. The number of carbonyl (C=O) groups is 3. The van der Waals surface area contributed by atoms with Crippen LogP contribution < -0.4 is 5.32 Å². The van der Waals surface area contributed by atoms with Gasteiger partial charge in [0.05, 0.1) is 6.61 Å². The Balaban J connectivity index is 2.73. The number of ether oxygens (including phenoxy) is 2. The van der Waals surface area contributed by atoms with Crippen molar-refractivity contribution < 1.29 is 29.0 Å². The van der Waals surface area contributed by atoms with Crippen molar-refractivity contribution in [2.24, 2.45) is 0 Å². The summed E-state index contributed by atoms with van der Waals surface area (Å²) in [5.74, 6) is -2.08. The van der Waals surface area contributed by atoms with Gasteiger partial charge in [0.15, 0.2) is 5.70 Å². The zero-order chi connectivity index (χ0) is 15.0. The Labute approximate surface area is 114 Å². The Morgan fingerprint density at radius 1 is 1.25 bits per heavy atom. The van der Waals surface area contributed by atoms with Gasteiger partial charge in [-0.1, -0.05) is 18.2 Å². The van der Waals surface area contributed by atoms with E-state index in [1.165, 1.54) is 12.1 Å². The first-order chi connectivity index (χ1) is 9.54. The molecule has 0 heterocycles. The second-order valence-corrected chi connectivity index (χ2v) is 3.46. The minimum Gasteiger partial charge on any atom is -0.476 e. The zero-order valence-corrected chi connectivity index (χ0v) is 10.7. The monoisotopic (exact) mass is 279 g/mol. The number of carboxylic acids is 1. The van der Waals surface area contributed by atoms with Crippen LogP contribution in [-0.4, -0.2) is 29.7 Å². The number of carboxylic acid groups (broad SMARTS) is 1. The molecule has 0 aliphatic rings. The molecule has 0 saturated heterocycles. The van der Waals surface area contributed by atoms with E-state index in [4.69, 9.17) is 5.11 Å². The third-order valence-corrected chi connectivity index (χ3v) is 2.05. The van der Waals surface area contributed by atoms with Gasteiger partial charge in [0.25, 0.3) is 5.91 Å². The molecule has 0 unspecified atom stereocenters. The number of carbonyl (C=O) groups excluding carboxylic acids is 2. The van der Waals surface area contributed by atoms with Crippen LogP contribution in [0.3, 0.4) is 0 Å². The van der Waals surface area contributed by atoms with Gasteiger partial charge in [0, 0.05) is 5.56 Å². The quantitative estimate of drug-likeness (QED) is 0.481. The summed E-state index contributed by atoms with van der Waals surface area (Å²) in [5.41, 5.74) is -0.303. The molecular weight excluding hydrogens is 266 g/mol. The predicted molar refractivity (Wildman–Crippen MR) is 67.7 cm³/mol. The average Bonchev–Trinajstić information content (AvgIpc) is 2.44. The Kier molecular flexibility index (Phi) is 5.76. The number of nitrogens with one attached hydrogen (secondary N) is 1. The predicted octanol–water partition coefficient (Wildman–Crippen LogP) is 1.52. The van der Waals surface area contributed by atoms with Crippen LogP contribution in [0.15, 0.2) is 42.3 Å². The molecule has 106 valence electrons. The average molecular weight is 279 g/mol. The number of benzene rings is 1. The molecule has 0 aliphatic heterocycles. The maximum atomic E-state index is 11.7. The second kappa shape index (κ2) is 7.57. The van der Waals surface area contributed by atoms with Gasteiger partial charge in [0.2, 0.25) is 0 Å². The summed E-state index contributed by atoms with van der Waals surface area (Å²) in [6.45, 7) is 1.66. The molecule has 1 aromatic carbocycles. The van der Waals surface area contributed by atoms with E-state index in [1.807, 2.05) is 0 Å². The van der Waals surface area contributed by atoms with Crippen molar-refractivity contribution >= 4 is 18.0 Å². The van der Waals surface area contributed by atoms with E-state index in [0.29, 0.717) is 6.26 Å². The number of hydrogen-bond donors (Lipinski definition) is 2. The molecular formula is C13H13NO6. The lowest BCUT2D eigenvalue weighted by Crippen LogP contribution is -2.27. The first-order valence-electron chi connectivity index (χ1n) is 5.68. The highest BCUT2D eigenvalue weighted by atomic mass is 16.7. The highest BCUT2D eigenvalue weighted by Gasteiger charge is 2.14. The van der Waals surface area contributed by atoms with Gasteiger partial charge < -0.3 is 19.9 Å². The Bertz CT molecular complexity index is 523. The number of aliphatic carboxylic acids is 1. The maximum absolute atomic E-state index is 11.7. The standard InChI is InChI=1S/C13H13NO6/c1-2-19-13(18)20-8-10(12(16)17)14-11(15)9-6-4-3-5-7-9/h3-8H,2H2,1H3,(H,14,15)(H,16,17)/b10-8-. The number of amides is 1. The van der Waals surface area contributed by atoms with Crippen molar-refractivity contribution in [3.05, 3.63) is 47.9 Å². The van der Waals surface area contributed by atoms with Crippen molar-refractivity contribution in [3.8, 4) is 0 Å². The summed E-state index contributed by atoms with van der Waals surface area (Å²) in [4.78, 5) is 33.6. The molecule has 7 nitrogen and oxygen atoms in total. The van der Waals surface area contributed by atoms with Crippen LogP contribution in [0.1, 0.15) is 17.3 Å². The Morgan fingerprint density at radius 2 is 1.90 bits per heavy atom. The van der Waals surface area contributed by atoms with Gasteiger partial charge in [0.1, 0.15) is 6.26 Å². The fourth-order valence-corrected chi connectivity index (χ4v) is 1.18. The highest BCUT2D eigenvalue weighted by molar-refractivity contribution is 6.00. The number of hydrogen-bond acceptors (Lipinski definition) is 5. The molecule has 0 bridgehead atoms. The van der Waals surface area contributed by atoms with Crippen LogP contribution >= 0.6 is 0 Å². The molecule has 1 amide bonds. The van der Waals surface area contributed by atoms with E-state index < -0.39 is 23.7 Å². The van der Waals surface area contributed by atoms with E-state index in [9.17, 15) is 14.4 Å². The zero-order valence-electron chi connectivity index (χ0n) is 10.7. The van der Waals surface area contributed by atoms with Gasteiger partial charge in [-0.05, 0) is 19.1 Å². The third-order valence-electron chi connectivity index (χ3n) is 2.05. The van der Waals surface area contributed by atoms with Gasteiger partial charge in [-0.15, -0.1) is 0 Å². The smallest absolute Gasteiger partial charge is 0.476 e. The normalized spacial score (nSPS) is 10.6. The SMILES string of the molecule is CCOC(=O)O/C=C(\NC(=O)c1ccccc1)C(=O)O. The van der Waals surface area contributed by atoms with E-state index in [0.717, 1.165) is 0 Å². The fraction of sp³-hybridized carbons (Fsp3) is 0.154. The summed E-state index contributed by atoms with van der Waals surface area (Å²) in [6.07, 6.45) is -0.443. The second-order valence-electron chi connectivity index (χ2n) is 3.46. The van der Waals surface area contributed by atoms with Crippen molar-refractivity contribution in [2.45, 2.75) is 6.92 Å². The van der Waals surface area contributed by atoms with Crippen molar-refractivity contribution in [2.75, 3.05) is 6.61 Å². The molecule has 0 atom stereocenters. The number of rotatable bonds is 5. The van der Waals surface area contributed by atoms with Crippen LogP contribution in [0.2, 0.25) is 0 Å². The molecule has 1 aromatic rings. The van der Waals surface area contributed by atoms with E-state index >= 15 is 0 Å². The lowest BCUT2D eigenvalue weighted by atomic mass is 10.2. The Hall–Kier alpha value is -2.83. The van der Waals surface area contributed by atoms with Gasteiger partial charge in [-0.2, -0.15) is 0 Å². The van der Waals surface area contributed by atoms with Crippen molar-refractivity contribution in [1.82, 2.24) is 5.32 Å². The van der Waals surface area contributed by atoms with Crippen LogP contribution in [0, 0.1) is 0 Å². The van der Waals surface area contributed by atoms with E-state index in [-0.39, 0.29) is 12.2 Å². The largest absolute Gasteiger partial charge is 0.513 e. The summed E-state index contributed by atoms with van der Waals surface area (Å²) < 4.78 is 8.87. The van der Waals surface area contributed by atoms with Crippen LogP contribution in [-0.2, 0) is 14.3 Å². The topological polar surface area (TPSA) is 102 Å². The lowest BCUT2D eigenvalue weighted by molar-refractivity contribution is -0.133. The van der Waals surface area contributed by atoms with Crippen LogP contribution in [0.4, 0.5) is 4.79 Å². The molecule has 2 N–H and O–H groups in total. The highest BCUT2D eigenvalue weighted by Crippen LogP contribution is 2.01. The molecule has 0 saturated carbocycles. The first-order valence-corrected chi connectivity index (χ1v) is 5.68. The fourth-order valence-electron chi connectivity index (χ4n) is 1.18. The van der Waals surface area contributed by atoms with Crippen molar-refractivity contribution in [3.63, 3.8) is 0 Å². The molecule has 0 radical (unpaired) electrons. The maximum Gasteiger partial charge on any atom is 0.513 e. The van der Waals surface area contributed by atoms with Gasteiger partial charge in [-0.25, -0.2) is 9.59 Å². The van der Waals surface area contributed by atoms with Crippen molar-refractivity contribution in [1.29, 1.82) is 0 Å². The minimum absolute atomic E-state index is 0.0887. The minimum atomic E-state index is -1.45. The van der Waals surface area contributed by atoms with Crippen LogP contribution in [0.5, 0.6) is 0 Å². The third kappa shape index (κ3) is 4.81. The van der Waals surface area contributed by atoms with E-state index in [2.05, 4.69) is 14.8 Å².